The Morgan fingerprint density at radius 1 is 0.381 bits per heavy atom. The predicted molar refractivity (Wildman–Crippen MR) is 174 cm³/mol. The van der Waals surface area contributed by atoms with Gasteiger partial charge in [0.2, 0.25) is 0 Å². The van der Waals surface area contributed by atoms with Crippen LogP contribution in [0.25, 0.3) is 49.7 Å². The van der Waals surface area contributed by atoms with E-state index in [2.05, 4.69) is 155 Å². The van der Waals surface area contributed by atoms with E-state index < -0.39 is 0 Å². The standard InChI is InChI=1S/C38H26N4/c1-3-13-28(14-4-1)41(29-15-5-2-6-16-29)30-25-23-27(24-26-30)37-33-19-7-8-20-34(33)38(40-39-37)42-35-21-11-9-17-31(35)32-18-10-12-22-36(32)42/h1-26H. The Hall–Kier alpha value is -5.74. The largest absolute Gasteiger partial charge is 0.311 e. The molecule has 6 aromatic carbocycles. The minimum Gasteiger partial charge on any atom is -0.311 e. The molecule has 4 heteroatoms. The Balaban J connectivity index is 1.27. The average molecular weight is 539 g/mol. The van der Waals surface area contributed by atoms with Gasteiger partial charge in [0.25, 0.3) is 0 Å². The maximum absolute atomic E-state index is 4.88. The van der Waals surface area contributed by atoms with Gasteiger partial charge in [-0.25, -0.2) is 0 Å². The summed E-state index contributed by atoms with van der Waals surface area (Å²) in [6.07, 6.45) is 0. The zero-order valence-electron chi connectivity index (χ0n) is 22.8. The lowest BCUT2D eigenvalue weighted by Gasteiger charge is -2.25. The Kier molecular flexibility index (Phi) is 5.75. The van der Waals surface area contributed by atoms with Crippen molar-refractivity contribution >= 4 is 49.6 Å². The molecule has 0 amide bonds. The van der Waals surface area contributed by atoms with Crippen LogP contribution >= 0.6 is 0 Å². The molecule has 42 heavy (non-hydrogen) atoms. The van der Waals surface area contributed by atoms with Crippen molar-refractivity contribution in [2.75, 3.05) is 4.90 Å². The Labute approximate surface area is 243 Å². The molecule has 0 saturated heterocycles. The van der Waals surface area contributed by atoms with Crippen LogP contribution in [0.15, 0.2) is 158 Å². The minimum atomic E-state index is 0.836. The molecule has 0 atom stereocenters. The highest BCUT2D eigenvalue weighted by atomic mass is 15.2. The van der Waals surface area contributed by atoms with Gasteiger partial charge in [-0.3, -0.25) is 4.57 Å². The van der Waals surface area contributed by atoms with Crippen molar-refractivity contribution < 1.29 is 0 Å². The van der Waals surface area contributed by atoms with Gasteiger partial charge in [-0.15, -0.1) is 10.2 Å². The van der Waals surface area contributed by atoms with Crippen LogP contribution in [0, 0.1) is 0 Å². The topological polar surface area (TPSA) is 34.0 Å². The van der Waals surface area contributed by atoms with E-state index in [-0.39, 0.29) is 0 Å². The molecule has 0 bridgehead atoms. The molecule has 198 valence electrons. The predicted octanol–water partition coefficient (Wildman–Crippen LogP) is 9.86. The molecule has 0 spiro atoms. The van der Waals surface area contributed by atoms with E-state index in [1.165, 1.54) is 10.8 Å². The zero-order chi connectivity index (χ0) is 27.9. The molecule has 0 fully saturated rings. The number of aromatic nitrogens is 3. The van der Waals surface area contributed by atoms with Gasteiger partial charge in [0.05, 0.1) is 11.0 Å². The summed E-state index contributed by atoms with van der Waals surface area (Å²) >= 11 is 0. The number of anilines is 3. The van der Waals surface area contributed by atoms with Gasteiger partial charge < -0.3 is 4.90 Å². The first-order valence-electron chi connectivity index (χ1n) is 14.1. The van der Waals surface area contributed by atoms with E-state index in [0.29, 0.717) is 0 Å². The molecule has 0 aliphatic rings. The summed E-state index contributed by atoms with van der Waals surface area (Å²) in [4.78, 5) is 2.26. The van der Waals surface area contributed by atoms with Gasteiger partial charge in [-0.05, 0) is 48.5 Å². The summed E-state index contributed by atoms with van der Waals surface area (Å²) in [7, 11) is 0. The number of fused-ring (bicyclic) bond motifs is 4. The number of benzene rings is 6. The third-order valence-electron chi connectivity index (χ3n) is 7.89. The Morgan fingerprint density at radius 2 is 0.833 bits per heavy atom. The van der Waals surface area contributed by atoms with Crippen molar-refractivity contribution in [3.05, 3.63) is 158 Å². The summed E-state index contributed by atoms with van der Waals surface area (Å²) in [5.74, 6) is 0.836. The summed E-state index contributed by atoms with van der Waals surface area (Å²) in [6.45, 7) is 0. The SMILES string of the molecule is c1ccc(N(c2ccccc2)c2ccc(-c3nnc(-n4c5ccccc5c5ccccc54)c4ccccc34)cc2)cc1. The van der Waals surface area contributed by atoms with Crippen molar-refractivity contribution in [3.8, 4) is 17.1 Å². The fraction of sp³-hybridized carbons (Fsp3) is 0. The maximum atomic E-state index is 4.88. The highest BCUT2D eigenvalue weighted by Gasteiger charge is 2.18. The molecular formula is C38H26N4. The van der Waals surface area contributed by atoms with E-state index >= 15 is 0 Å². The van der Waals surface area contributed by atoms with Crippen molar-refractivity contribution in [2.24, 2.45) is 0 Å². The first-order valence-corrected chi connectivity index (χ1v) is 14.1. The van der Waals surface area contributed by atoms with E-state index in [4.69, 9.17) is 10.2 Å². The number of para-hydroxylation sites is 4. The van der Waals surface area contributed by atoms with Crippen LogP contribution in [0.4, 0.5) is 17.1 Å². The number of nitrogens with zero attached hydrogens (tertiary/aromatic N) is 4. The number of hydrogen-bond donors (Lipinski definition) is 0. The summed E-state index contributed by atoms with van der Waals surface area (Å²) in [5, 5.41) is 14.3. The van der Waals surface area contributed by atoms with Crippen molar-refractivity contribution in [3.63, 3.8) is 0 Å². The van der Waals surface area contributed by atoms with E-state index in [0.717, 1.165) is 55.9 Å². The second kappa shape index (κ2) is 10.0. The quantitative estimate of drug-likeness (QED) is 0.219. The molecule has 0 unspecified atom stereocenters. The van der Waals surface area contributed by atoms with Crippen LogP contribution in [0.3, 0.4) is 0 Å². The van der Waals surface area contributed by atoms with Gasteiger partial charge in [-0.1, -0.05) is 109 Å². The fourth-order valence-corrected chi connectivity index (χ4v) is 5.99. The van der Waals surface area contributed by atoms with Crippen LogP contribution in [-0.4, -0.2) is 14.8 Å². The average Bonchev–Trinajstić information content (AvgIpc) is 3.40. The number of hydrogen-bond acceptors (Lipinski definition) is 3. The lowest BCUT2D eigenvalue weighted by atomic mass is 10.0. The zero-order valence-corrected chi connectivity index (χ0v) is 22.8. The number of rotatable bonds is 5. The lowest BCUT2D eigenvalue weighted by Crippen LogP contribution is -2.09. The second-order valence-corrected chi connectivity index (χ2v) is 10.3. The first kappa shape index (κ1) is 24.1. The van der Waals surface area contributed by atoms with Gasteiger partial charge in [-0.2, -0.15) is 0 Å². The Morgan fingerprint density at radius 3 is 1.40 bits per heavy atom. The summed E-state index contributed by atoms with van der Waals surface area (Å²) in [6, 6.07) is 54.9. The van der Waals surface area contributed by atoms with Crippen molar-refractivity contribution in [1.29, 1.82) is 0 Å². The van der Waals surface area contributed by atoms with Crippen LogP contribution in [-0.2, 0) is 0 Å². The van der Waals surface area contributed by atoms with Gasteiger partial charge >= 0.3 is 0 Å². The molecule has 8 aromatic rings. The normalized spacial score (nSPS) is 11.3. The van der Waals surface area contributed by atoms with Gasteiger partial charge in [0.15, 0.2) is 5.82 Å². The van der Waals surface area contributed by atoms with Crippen LogP contribution in [0.5, 0.6) is 0 Å². The minimum absolute atomic E-state index is 0.836. The van der Waals surface area contributed by atoms with Crippen molar-refractivity contribution in [1.82, 2.24) is 14.8 Å². The molecule has 2 aromatic heterocycles. The highest BCUT2D eigenvalue weighted by molar-refractivity contribution is 6.10. The molecule has 0 saturated carbocycles. The Bertz CT molecular complexity index is 2090. The molecule has 2 heterocycles. The molecule has 0 N–H and O–H groups in total. The molecule has 4 nitrogen and oxygen atoms in total. The fourth-order valence-electron chi connectivity index (χ4n) is 5.99. The van der Waals surface area contributed by atoms with E-state index in [1.54, 1.807) is 0 Å². The van der Waals surface area contributed by atoms with Gasteiger partial charge in [0, 0.05) is 44.2 Å². The van der Waals surface area contributed by atoms with Crippen LogP contribution in [0.1, 0.15) is 0 Å². The van der Waals surface area contributed by atoms with Crippen molar-refractivity contribution in [2.45, 2.75) is 0 Å². The van der Waals surface area contributed by atoms with Crippen LogP contribution in [0.2, 0.25) is 0 Å². The van der Waals surface area contributed by atoms with Gasteiger partial charge in [0.1, 0.15) is 5.69 Å². The second-order valence-electron chi connectivity index (χ2n) is 10.3. The smallest absolute Gasteiger partial charge is 0.168 e. The maximum Gasteiger partial charge on any atom is 0.168 e. The van der Waals surface area contributed by atoms with E-state index in [9.17, 15) is 0 Å². The summed E-state index contributed by atoms with van der Waals surface area (Å²) < 4.78 is 2.24. The third-order valence-corrected chi connectivity index (χ3v) is 7.89. The van der Waals surface area contributed by atoms with E-state index in [1.807, 2.05) is 12.1 Å². The summed E-state index contributed by atoms with van der Waals surface area (Å²) in [5.41, 5.74) is 7.43. The molecule has 8 rings (SSSR count). The molecular weight excluding hydrogens is 512 g/mol. The molecule has 0 aliphatic heterocycles. The molecule has 0 radical (unpaired) electrons. The monoisotopic (exact) mass is 538 g/mol. The van der Waals surface area contributed by atoms with Crippen LogP contribution < -0.4 is 4.90 Å². The third kappa shape index (κ3) is 3.93. The molecule has 0 aliphatic carbocycles. The first-order chi connectivity index (χ1) is 20.9. The lowest BCUT2D eigenvalue weighted by molar-refractivity contribution is 0.977. The highest BCUT2D eigenvalue weighted by Crippen LogP contribution is 2.38.